The van der Waals surface area contributed by atoms with Crippen LogP contribution in [0, 0.1) is 0 Å². The Balaban J connectivity index is 1.63. The van der Waals surface area contributed by atoms with E-state index in [4.69, 9.17) is 9.97 Å². The third kappa shape index (κ3) is 2.96. The number of rotatable bonds is 2. The highest BCUT2D eigenvalue weighted by Gasteiger charge is 2.17. The van der Waals surface area contributed by atoms with E-state index < -0.39 is 0 Å². The molecule has 2 nitrogen and oxygen atoms in total. The van der Waals surface area contributed by atoms with Crippen molar-refractivity contribution >= 4 is 43.4 Å². The van der Waals surface area contributed by atoms with Crippen LogP contribution in [0.15, 0.2) is 121 Å². The molecule has 0 radical (unpaired) electrons. The number of fused-ring (bicyclic) bond motifs is 4. The first-order valence-electron chi connectivity index (χ1n) is 11.5. The van der Waals surface area contributed by atoms with Crippen LogP contribution < -0.4 is 0 Å². The molecular weight excluding hydrogens is 412 g/mol. The van der Waals surface area contributed by atoms with Crippen LogP contribution in [0.25, 0.3) is 65.9 Å². The van der Waals surface area contributed by atoms with E-state index in [1.54, 1.807) is 0 Å². The highest BCUT2D eigenvalue weighted by Crippen LogP contribution is 2.38. The molecule has 0 aliphatic carbocycles. The van der Waals surface area contributed by atoms with Gasteiger partial charge in [-0.2, -0.15) is 0 Å². The largest absolute Gasteiger partial charge is 0.244 e. The highest BCUT2D eigenvalue weighted by molar-refractivity contribution is 6.05. The van der Waals surface area contributed by atoms with Gasteiger partial charge in [0.05, 0.1) is 22.4 Å². The van der Waals surface area contributed by atoms with E-state index in [9.17, 15) is 0 Å². The van der Waals surface area contributed by atoms with Crippen LogP contribution in [0.4, 0.5) is 0 Å². The topological polar surface area (TPSA) is 25.8 Å². The van der Waals surface area contributed by atoms with Gasteiger partial charge >= 0.3 is 0 Å². The predicted molar refractivity (Wildman–Crippen MR) is 143 cm³/mol. The van der Waals surface area contributed by atoms with Crippen molar-refractivity contribution in [3.05, 3.63) is 121 Å². The molecule has 1 heterocycles. The lowest BCUT2D eigenvalue weighted by Gasteiger charge is -2.15. The van der Waals surface area contributed by atoms with E-state index in [1.165, 1.54) is 32.3 Å². The number of hydrogen-bond donors (Lipinski definition) is 0. The predicted octanol–water partition coefficient (Wildman–Crippen LogP) is 8.42. The molecule has 0 aliphatic heterocycles. The maximum atomic E-state index is 5.27. The first-order valence-corrected chi connectivity index (χ1v) is 11.5. The van der Waals surface area contributed by atoms with Gasteiger partial charge < -0.3 is 0 Å². The Morgan fingerprint density at radius 3 is 1.21 bits per heavy atom. The van der Waals surface area contributed by atoms with Crippen LogP contribution in [0.2, 0.25) is 0 Å². The summed E-state index contributed by atoms with van der Waals surface area (Å²) in [6.07, 6.45) is 0. The maximum Gasteiger partial charge on any atom is 0.0979 e. The Hall–Kier alpha value is -4.56. The van der Waals surface area contributed by atoms with Gasteiger partial charge in [-0.25, -0.2) is 9.97 Å². The van der Waals surface area contributed by atoms with Gasteiger partial charge in [0.1, 0.15) is 0 Å². The molecule has 0 atom stereocenters. The molecule has 7 aromatic rings. The molecule has 0 N–H and O–H groups in total. The minimum atomic E-state index is 0.908. The molecule has 0 bridgehead atoms. The zero-order chi connectivity index (χ0) is 22.5. The zero-order valence-corrected chi connectivity index (χ0v) is 18.4. The van der Waals surface area contributed by atoms with Gasteiger partial charge in [0, 0.05) is 11.1 Å². The lowest BCUT2D eigenvalue weighted by Crippen LogP contribution is -1.97. The van der Waals surface area contributed by atoms with Crippen molar-refractivity contribution in [2.24, 2.45) is 0 Å². The summed E-state index contributed by atoms with van der Waals surface area (Å²) in [4.78, 5) is 10.5. The summed E-state index contributed by atoms with van der Waals surface area (Å²) < 4.78 is 0. The van der Waals surface area contributed by atoms with Crippen molar-refractivity contribution in [1.29, 1.82) is 0 Å². The number of nitrogens with zero attached hydrogens (tertiary/aromatic N) is 2. The third-order valence-corrected chi connectivity index (χ3v) is 6.62. The lowest BCUT2D eigenvalue weighted by atomic mass is 9.95. The first-order chi connectivity index (χ1) is 16.8. The lowest BCUT2D eigenvalue weighted by molar-refractivity contribution is 1.31. The molecule has 0 spiro atoms. The van der Waals surface area contributed by atoms with E-state index in [0.29, 0.717) is 0 Å². The Morgan fingerprint density at radius 1 is 0.353 bits per heavy atom. The summed E-state index contributed by atoms with van der Waals surface area (Å²) in [7, 11) is 0. The standard InChI is InChI=1S/C32H20N2/c1-2-12-24-20-30-29(19-23(24)11-1)33-31(27-17-7-13-21-9-3-5-15-25(21)27)32(34-30)28-18-8-14-22-10-4-6-16-26(22)28/h1-20H. The normalized spacial score (nSPS) is 11.5. The molecule has 2 heteroatoms. The molecule has 6 aromatic carbocycles. The average Bonchev–Trinajstić information content (AvgIpc) is 2.90. The molecule has 34 heavy (non-hydrogen) atoms. The van der Waals surface area contributed by atoms with Crippen molar-refractivity contribution in [2.45, 2.75) is 0 Å². The molecule has 0 fully saturated rings. The summed E-state index contributed by atoms with van der Waals surface area (Å²) in [5, 5.41) is 7.10. The van der Waals surface area contributed by atoms with Crippen molar-refractivity contribution in [2.75, 3.05) is 0 Å². The van der Waals surface area contributed by atoms with E-state index in [0.717, 1.165) is 33.5 Å². The van der Waals surface area contributed by atoms with Crippen molar-refractivity contribution in [3.63, 3.8) is 0 Å². The average molecular weight is 433 g/mol. The second kappa shape index (κ2) is 7.50. The molecule has 0 saturated heterocycles. The fourth-order valence-corrected chi connectivity index (χ4v) is 4.98. The summed E-state index contributed by atoms with van der Waals surface area (Å²) in [5.74, 6) is 0. The number of benzene rings is 6. The van der Waals surface area contributed by atoms with Crippen LogP contribution in [0.5, 0.6) is 0 Å². The number of hydrogen-bond acceptors (Lipinski definition) is 2. The van der Waals surface area contributed by atoms with Crippen LogP contribution in [0.3, 0.4) is 0 Å². The molecule has 0 aliphatic rings. The fourth-order valence-electron chi connectivity index (χ4n) is 4.98. The Labute approximate surface area is 197 Å². The van der Waals surface area contributed by atoms with Crippen LogP contribution in [0.1, 0.15) is 0 Å². The second-order valence-corrected chi connectivity index (χ2v) is 8.66. The van der Waals surface area contributed by atoms with Crippen LogP contribution >= 0.6 is 0 Å². The third-order valence-electron chi connectivity index (χ3n) is 6.62. The Bertz CT molecular complexity index is 1720. The van der Waals surface area contributed by atoms with Gasteiger partial charge in [-0.1, -0.05) is 109 Å². The molecule has 7 rings (SSSR count). The fraction of sp³-hybridized carbons (Fsp3) is 0. The molecule has 0 unspecified atom stereocenters. The number of aromatic nitrogens is 2. The van der Waals surface area contributed by atoms with Gasteiger partial charge in [-0.3, -0.25) is 0 Å². The smallest absolute Gasteiger partial charge is 0.0979 e. The Kier molecular flexibility index (Phi) is 4.18. The second-order valence-electron chi connectivity index (χ2n) is 8.66. The molecular formula is C32H20N2. The minimum absolute atomic E-state index is 0.908. The Morgan fingerprint density at radius 2 is 0.735 bits per heavy atom. The van der Waals surface area contributed by atoms with E-state index in [1.807, 2.05) is 0 Å². The monoisotopic (exact) mass is 432 g/mol. The molecule has 1 aromatic heterocycles. The van der Waals surface area contributed by atoms with Crippen LogP contribution in [-0.4, -0.2) is 9.97 Å². The van der Waals surface area contributed by atoms with Gasteiger partial charge in [0.25, 0.3) is 0 Å². The quantitative estimate of drug-likeness (QED) is 0.256. The summed E-state index contributed by atoms with van der Waals surface area (Å²) in [5.41, 5.74) is 5.84. The first kappa shape index (κ1) is 19.0. The summed E-state index contributed by atoms with van der Waals surface area (Å²) in [6, 6.07) is 42.5. The van der Waals surface area contributed by atoms with Crippen LogP contribution in [-0.2, 0) is 0 Å². The van der Waals surface area contributed by atoms with Crippen molar-refractivity contribution < 1.29 is 0 Å². The molecule has 0 amide bonds. The molecule has 158 valence electrons. The van der Waals surface area contributed by atoms with Crippen molar-refractivity contribution in [3.8, 4) is 22.5 Å². The van der Waals surface area contributed by atoms with Gasteiger partial charge in [-0.15, -0.1) is 0 Å². The van der Waals surface area contributed by atoms with E-state index in [-0.39, 0.29) is 0 Å². The van der Waals surface area contributed by atoms with Gasteiger partial charge in [0.2, 0.25) is 0 Å². The van der Waals surface area contributed by atoms with Crippen molar-refractivity contribution in [1.82, 2.24) is 9.97 Å². The highest BCUT2D eigenvalue weighted by atomic mass is 14.8. The molecule has 0 saturated carbocycles. The minimum Gasteiger partial charge on any atom is -0.244 e. The SMILES string of the molecule is c1ccc2cc3nc(-c4cccc5ccccc45)c(-c4cccc5ccccc45)nc3cc2c1. The van der Waals surface area contributed by atoms with E-state index in [2.05, 4.69) is 121 Å². The summed E-state index contributed by atoms with van der Waals surface area (Å²) in [6.45, 7) is 0. The zero-order valence-electron chi connectivity index (χ0n) is 18.4. The van der Waals surface area contributed by atoms with Gasteiger partial charge in [0.15, 0.2) is 0 Å². The van der Waals surface area contributed by atoms with E-state index >= 15 is 0 Å². The summed E-state index contributed by atoms with van der Waals surface area (Å²) >= 11 is 0. The van der Waals surface area contributed by atoms with Gasteiger partial charge in [-0.05, 0) is 44.5 Å². The maximum absolute atomic E-state index is 5.27.